The van der Waals surface area contributed by atoms with Crippen LogP contribution in [0.3, 0.4) is 0 Å². The molecule has 2 heterocycles. The molecular weight excluding hydrogens is 527 g/mol. The number of carbonyl (C=O) groups excluding carboxylic acids is 2. The Kier molecular flexibility index (Phi) is 6.40. The third-order valence-corrected chi connectivity index (χ3v) is 7.74. The van der Waals surface area contributed by atoms with Crippen LogP contribution in [0.2, 0.25) is 0 Å². The quantitative estimate of drug-likeness (QED) is 0.140. The summed E-state index contributed by atoms with van der Waals surface area (Å²) >= 11 is 1.30. The van der Waals surface area contributed by atoms with Crippen LogP contribution in [0.15, 0.2) is 96.6 Å². The molecule has 1 saturated heterocycles. The Labute approximate surface area is 233 Å². The van der Waals surface area contributed by atoms with Gasteiger partial charge in [-0.25, -0.2) is 9.37 Å². The number of amides is 1. The minimum absolute atomic E-state index is 0.111. The van der Waals surface area contributed by atoms with Crippen molar-refractivity contribution >= 4 is 44.1 Å². The minimum atomic E-state index is -0.994. The van der Waals surface area contributed by atoms with E-state index < -0.39 is 29.3 Å². The molecule has 1 unspecified atom stereocenters. The van der Waals surface area contributed by atoms with Gasteiger partial charge in [0, 0.05) is 5.56 Å². The summed E-state index contributed by atoms with van der Waals surface area (Å²) in [4.78, 5) is 33.2. The van der Waals surface area contributed by atoms with Crippen LogP contribution in [0.4, 0.5) is 9.52 Å². The lowest BCUT2D eigenvalue weighted by atomic mass is 9.95. The number of aliphatic hydroxyl groups is 1. The summed E-state index contributed by atoms with van der Waals surface area (Å²) < 4.78 is 20.5. The van der Waals surface area contributed by atoms with Crippen molar-refractivity contribution in [1.82, 2.24) is 4.98 Å². The molecule has 6 rings (SSSR count). The van der Waals surface area contributed by atoms with Gasteiger partial charge in [0.05, 0.1) is 21.8 Å². The first kappa shape index (κ1) is 25.5. The lowest BCUT2D eigenvalue weighted by Crippen LogP contribution is -2.29. The third-order valence-electron chi connectivity index (χ3n) is 6.74. The lowest BCUT2D eigenvalue weighted by molar-refractivity contribution is -0.132. The number of aryl methyl sites for hydroxylation is 2. The molecule has 0 bridgehead atoms. The number of halogens is 1. The fourth-order valence-electron chi connectivity index (χ4n) is 4.94. The van der Waals surface area contributed by atoms with Crippen LogP contribution in [-0.2, 0) is 9.59 Å². The van der Waals surface area contributed by atoms with E-state index in [-0.39, 0.29) is 11.1 Å². The molecular formula is C32H23FN2O4S. The van der Waals surface area contributed by atoms with E-state index in [1.807, 2.05) is 56.3 Å². The van der Waals surface area contributed by atoms with Crippen molar-refractivity contribution in [2.24, 2.45) is 0 Å². The molecule has 1 aliphatic rings. The van der Waals surface area contributed by atoms with Crippen molar-refractivity contribution in [3.8, 4) is 11.5 Å². The van der Waals surface area contributed by atoms with Gasteiger partial charge in [-0.2, -0.15) is 0 Å². The third kappa shape index (κ3) is 4.52. The topological polar surface area (TPSA) is 79.7 Å². The van der Waals surface area contributed by atoms with E-state index in [4.69, 9.17) is 9.72 Å². The predicted molar refractivity (Wildman–Crippen MR) is 153 cm³/mol. The first-order valence-corrected chi connectivity index (χ1v) is 13.4. The molecule has 4 aromatic carbocycles. The maximum Gasteiger partial charge on any atom is 0.301 e. The van der Waals surface area contributed by atoms with Gasteiger partial charge in [0.15, 0.2) is 5.13 Å². The molecule has 1 fully saturated rings. The number of ketones is 1. The van der Waals surface area contributed by atoms with Crippen LogP contribution < -0.4 is 9.64 Å². The number of aromatic nitrogens is 1. The Hall–Kier alpha value is -4.82. The number of hydrogen-bond donors (Lipinski definition) is 1. The smallest absolute Gasteiger partial charge is 0.301 e. The van der Waals surface area contributed by atoms with Crippen molar-refractivity contribution < 1.29 is 23.8 Å². The summed E-state index contributed by atoms with van der Waals surface area (Å²) in [6.07, 6.45) is 0. The molecule has 6 nitrogen and oxygen atoms in total. The zero-order chi connectivity index (χ0) is 28.0. The monoisotopic (exact) mass is 550 g/mol. The molecule has 0 aliphatic carbocycles. The molecule has 0 saturated carbocycles. The Morgan fingerprint density at radius 3 is 2.40 bits per heavy atom. The van der Waals surface area contributed by atoms with Gasteiger partial charge in [0.25, 0.3) is 5.78 Å². The number of anilines is 1. The molecule has 1 amide bonds. The highest BCUT2D eigenvalue weighted by Gasteiger charge is 2.48. The van der Waals surface area contributed by atoms with Crippen LogP contribution in [0.5, 0.6) is 11.5 Å². The second-order valence-electron chi connectivity index (χ2n) is 9.59. The van der Waals surface area contributed by atoms with Crippen molar-refractivity contribution in [1.29, 1.82) is 0 Å². The summed E-state index contributed by atoms with van der Waals surface area (Å²) in [5.41, 5.74) is 3.41. The summed E-state index contributed by atoms with van der Waals surface area (Å²) in [7, 11) is 0. The number of aliphatic hydroxyl groups excluding tert-OH is 1. The number of nitrogens with zero attached hydrogens (tertiary/aromatic N) is 2. The fourth-order valence-corrected chi connectivity index (χ4v) is 6.11. The molecule has 198 valence electrons. The standard InChI is InChI=1S/C32H23FN2O4S/c1-18-15-19(2)27-25(16-18)40-32(34-27)35-28(21-7-6-10-24(17-21)39-23-8-4-3-5-9-23)26(30(37)31(35)38)29(36)20-11-13-22(33)14-12-20/h3-17,28,36H,1-2H3/b29-26+. The minimum Gasteiger partial charge on any atom is -0.507 e. The van der Waals surface area contributed by atoms with E-state index in [1.165, 1.54) is 40.5 Å². The molecule has 0 radical (unpaired) electrons. The van der Waals surface area contributed by atoms with Crippen LogP contribution in [0.25, 0.3) is 16.0 Å². The highest BCUT2D eigenvalue weighted by Crippen LogP contribution is 2.45. The van der Waals surface area contributed by atoms with Gasteiger partial charge in [-0.3, -0.25) is 14.5 Å². The largest absolute Gasteiger partial charge is 0.507 e. The second kappa shape index (κ2) is 10.1. The Balaban J connectivity index is 1.53. The Morgan fingerprint density at radius 1 is 0.925 bits per heavy atom. The van der Waals surface area contributed by atoms with Gasteiger partial charge in [-0.15, -0.1) is 0 Å². The molecule has 0 spiro atoms. The molecule has 1 aromatic heterocycles. The van der Waals surface area contributed by atoms with Crippen molar-refractivity contribution in [3.63, 3.8) is 0 Å². The highest BCUT2D eigenvalue weighted by atomic mass is 32.1. The Morgan fingerprint density at radius 2 is 1.65 bits per heavy atom. The van der Waals surface area contributed by atoms with E-state index in [1.54, 1.807) is 24.3 Å². The second-order valence-corrected chi connectivity index (χ2v) is 10.6. The normalized spacial score (nSPS) is 16.6. The lowest BCUT2D eigenvalue weighted by Gasteiger charge is -2.23. The summed E-state index contributed by atoms with van der Waals surface area (Å²) in [6.45, 7) is 3.93. The van der Waals surface area contributed by atoms with Gasteiger partial charge in [-0.1, -0.05) is 47.7 Å². The maximum atomic E-state index is 13.6. The van der Waals surface area contributed by atoms with E-state index in [0.29, 0.717) is 22.2 Å². The zero-order valence-corrected chi connectivity index (χ0v) is 22.4. The predicted octanol–water partition coefficient (Wildman–Crippen LogP) is 7.47. The van der Waals surface area contributed by atoms with Gasteiger partial charge in [0.2, 0.25) is 0 Å². The van der Waals surface area contributed by atoms with Crippen LogP contribution in [-0.4, -0.2) is 21.8 Å². The summed E-state index contributed by atoms with van der Waals surface area (Å²) in [5, 5.41) is 11.7. The highest BCUT2D eigenvalue weighted by molar-refractivity contribution is 7.22. The zero-order valence-electron chi connectivity index (χ0n) is 21.6. The number of rotatable bonds is 5. The van der Waals surface area contributed by atoms with E-state index >= 15 is 0 Å². The maximum absolute atomic E-state index is 13.6. The van der Waals surface area contributed by atoms with Crippen LogP contribution in [0.1, 0.15) is 28.3 Å². The number of ether oxygens (including phenoxy) is 1. The van der Waals surface area contributed by atoms with E-state index in [9.17, 15) is 19.1 Å². The van der Waals surface area contributed by atoms with Crippen molar-refractivity contribution in [2.75, 3.05) is 4.90 Å². The number of carbonyl (C=O) groups is 2. The summed E-state index contributed by atoms with van der Waals surface area (Å²) in [5.74, 6) is -1.43. The van der Waals surface area contributed by atoms with Crippen molar-refractivity contribution in [2.45, 2.75) is 19.9 Å². The van der Waals surface area contributed by atoms with Crippen molar-refractivity contribution in [3.05, 3.63) is 125 Å². The molecule has 1 atom stereocenters. The molecule has 5 aromatic rings. The van der Waals surface area contributed by atoms with E-state index in [2.05, 4.69) is 0 Å². The van der Waals surface area contributed by atoms with Crippen LogP contribution in [0, 0.1) is 19.7 Å². The van der Waals surface area contributed by atoms with Gasteiger partial charge < -0.3 is 9.84 Å². The Bertz CT molecular complexity index is 1810. The fraction of sp³-hybridized carbons (Fsp3) is 0.0938. The SMILES string of the molecule is Cc1cc(C)c2nc(N3C(=O)C(=O)/C(=C(/O)c4ccc(F)cc4)C3c3cccc(Oc4ccccc4)c3)sc2c1. The van der Waals surface area contributed by atoms with Crippen LogP contribution >= 0.6 is 11.3 Å². The number of Topliss-reactive ketones (excluding diaryl/α,β-unsaturated/α-hetero) is 1. The molecule has 1 aliphatic heterocycles. The molecule has 1 N–H and O–H groups in total. The van der Waals surface area contributed by atoms with E-state index in [0.717, 1.165) is 21.3 Å². The number of para-hydroxylation sites is 1. The average molecular weight is 551 g/mol. The number of fused-ring (bicyclic) bond motifs is 1. The molecule has 8 heteroatoms. The summed E-state index contributed by atoms with van der Waals surface area (Å²) in [6, 6.07) is 24.4. The number of benzene rings is 4. The average Bonchev–Trinajstić information content (AvgIpc) is 3.48. The van der Waals surface area contributed by atoms with Gasteiger partial charge >= 0.3 is 5.91 Å². The number of hydrogen-bond acceptors (Lipinski definition) is 6. The number of thiazole rings is 1. The van der Waals surface area contributed by atoms with Gasteiger partial charge in [0.1, 0.15) is 23.1 Å². The molecule has 40 heavy (non-hydrogen) atoms. The first-order chi connectivity index (χ1) is 19.3. The van der Waals surface area contributed by atoms with Gasteiger partial charge in [-0.05, 0) is 85.1 Å². The first-order valence-electron chi connectivity index (χ1n) is 12.6.